The zero-order valence-corrected chi connectivity index (χ0v) is 11.6. The molecule has 1 heterocycles. The van der Waals surface area contributed by atoms with Gasteiger partial charge in [-0.3, -0.25) is 4.98 Å². The third-order valence-corrected chi connectivity index (χ3v) is 3.36. The predicted molar refractivity (Wildman–Crippen MR) is 72.0 cm³/mol. The molecular weight excluding hydrogens is 321 g/mol. The molecular formula is C13H10BrClFNO. The molecule has 2 aromatic rings. The van der Waals surface area contributed by atoms with Crippen molar-refractivity contribution in [2.45, 2.75) is 12.5 Å². The van der Waals surface area contributed by atoms with Gasteiger partial charge in [-0.25, -0.2) is 4.39 Å². The molecule has 0 bridgehead atoms. The van der Waals surface area contributed by atoms with Crippen LogP contribution in [0.5, 0.6) is 0 Å². The van der Waals surface area contributed by atoms with E-state index in [-0.39, 0.29) is 5.02 Å². The second-order valence-electron chi connectivity index (χ2n) is 3.87. The number of rotatable bonds is 3. The maximum Gasteiger partial charge on any atom is 0.142 e. The molecule has 0 saturated carbocycles. The highest BCUT2D eigenvalue weighted by Gasteiger charge is 2.15. The molecule has 0 amide bonds. The second kappa shape index (κ2) is 5.78. The van der Waals surface area contributed by atoms with Crippen molar-refractivity contribution in [2.24, 2.45) is 0 Å². The van der Waals surface area contributed by atoms with E-state index >= 15 is 0 Å². The largest absolute Gasteiger partial charge is 0.388 e. The summed E-state index contributed by atoms with van der Waals surface area (Å²) >= 11 is 9.13. The van der Waals surface area contributed by atoms with Gasteiger partial charge in [-0.15, -0.1) is 0 Å². The first-order valence-corrected chi connectivity index (χ1v) is 6.46. The molecule has 0 aliphatic heterocycles. The molecule has 0 radical (unpaired) electrons. The smallest absolute Gasteiger partial charge is 0.142 e. The van der Waals surface area contributed by atoms with E-state index in [4.69, 9.17) is 11.6 Å². The van der Waals surface area contributed by atoms with E-state index in [1.54, 1.807) is 18.5 Å². The van der Waals surface area contributed by atoms with Gasteiger partial charge in [-0.2, -0.15) is 0 Å². The summed E-state index contributed by atoms with van der Waals surface area (Å²) in [5.41, 5.74) is 1.23. The maximum atomic E-state index is 13.3. The Kier molecular flexibility index (Phi) is 4.32. The van der Waals surface area contributed by atoms with Crippen molar-refractivity contribution in [3.63, 3.8) is 0 Å². The van der Waals surface area contributed by atoms with Crippen molar-refractivity contribution in [3.8, 4) is 0 Å². The lowest BCUT2D eigenvalue weighted by Gasteiger charge is -2.13. The van der Waals surface area contributed by atoms with Crippen LogP contribution >= 0.6 is 27.5 Å². The molecule has 0 aliphatic carbocycles. The Labute approximate surface area is 118 Å². The van der Waals surface area contributed by atoms with E-state index in [0.29, 0.717) is 12.0 Å². The van der Waals surface area contributed by atoms with Gasteiger partial charge in [0.2, 0.25) is 0 Å². The Morgan fingerprint density at radius 3 is 2.89 bits per heavy atom. The van der Waals surface area contributed by atoms with E-state index in [1.807, 2.05) is 6.07 Å². The third kappa shape index (κ3) is 3.07. The summed E-state index contributed by atoms with van der Waals surface area (Å²) in [6.45, 7) is 0. The lowest BCUT2D eigenvalue weighted by molar-refractivity contribution is 0.178. The maximum absolute atomic E-state index is 13.3. The molecule has 0 spiro atoms. The first-order chi connectivity index (χ1) is 8.58. The fourth-order valence-electron chi connectivity index (χ4n) is 1.68. The van der Waals surface area contributed by atoms with Crippen LogP contribution in [0.2, 0.25) is 5.02 Å². The molecule has 2 nitrogen and oxygen atoms in total. The highest BCUT2D eigenvalue weighted by Crippen LogP contribution is 2.28. The van der Waals surface area contributed by atoms with Gasteiger partial charge in [-0.05, 0) is 33.6 Å². The minimum atomic E-state index is -0.857. The molecule has 5 heteroatoms. The first-order valence-electron chi connectivity index (χ1n) is 5.29. The minimum Gasteiger partial charge on any atom is -0.388 e. The predicted octanol–water partition coefficient (Wildman–Crippen LogP) is 3.91. The van der Waals surface area contributed by atoms with Crippen molar-refractivity contribution in [2.75, 3.05) is 0 Å². The number of hydrogen-bond acceptors (Lipinski definition) is 2. The molecule has 1 atom stereocenters. The average molecular weight is 331 g/mol. The fourth-order valence-corrected chi connectivity index (χ4v) is 2.34. The van der Waals surface area contributed by atoms with Crippen LogP contribution in [0.15, 0.2) is 41.1 Å². The van der Waals surface area contributed by atoms with Crippen molar-refractivity contribution in [1.82, 2.24) is 4.98 Å². The highest BCUT2D eigenvalue weighted by molar-refractivity contribution is 9.10. The van der Waals surface area contributed by atoms with Crippen molar-refractivity contribution >= 4 is 27.5 Å². The highest BCUT2D eigenvalue weighted by atomic mass is 79.9. The van der Waals surface area contributed by atoms with Gasteiger partial charge in [-0.1, -0.05) is 23.7 Å². The number of aromatic nitrogens is 1. The number of halogens is 3. The van der Waals surface area contributed by atoms with Crippen LogP contribution in [0.1, 0.15) is 17.2 Å². The summed E-state index contributed by atoms with van der Waals surface area (Å²) in [5, 5.41) is 10.0. The van der Waals surface area contributed by atoms with Crippen molar-refractivity contribution in [1.29, 1.82) is 0 Å². The number of benzene rings is 1. The van der Waals surface area contributed by atoms with Gasteiger partial charge in [0.05, 0.1) is 11.1 Å². The summed E-state index contributed by atoms with van der Waals surface area (Å²) < 4.78 is 14.1. The van der Waals surface area contributed by atoms with E-state index in [1.165, 1.54) is 12.1 Å². The number of hydrogen-bond donors (Lipinski definition) is 1. The van der Waals surface area contributed by atoms with Gasteiger partial charge in [0.1, 0.15) is 5.82 Å². The SMILES string of the molecule is OC(Cc1cncc(Br)c1)c1cccc(F)c1Cl. The zero-order chi connectivity index (χ0) is 13.1. The number of aliphatic hydroxyl groups excluding tert-OH is 1. The van der Waals surface area contributed by atoms with Crippen LogP contribution in [-0.4, -0.2) is 10.1 Å². The Morgan fingerprint density at radius 2 is 2.17 bits per heavy atom. The summed E-state index contributed by atoms with van der Waals surface area (Å²) in [7, 11) is 0. The topological polar surface area (TPSA) is 33.1 Å². The monoisotopic (exact) mass is 329 g/mol. The van der Waals surface area contributed by atoms with E-state index in [9.17, 15) is 9.50 Å². The molecule has 94 valence electrons. The van der Waals surface area contributed by atoms with Gasteiger partial charge < -0.3 is 5.11 Å². The summed E-state index contributed by atoms with van der Waals surface area (Å²) in [4.78, 5) is 4.01. The van der Waals surface area contributed by atoms with Crippen LogP contribution in [0.4, 0.5) is 4.39 Å². The fraction of sp³-hybridized carbons (Fsp3) is 0.154. The van der Waals surface area contributed by atoms with Gasteiger partial charge in [0.15, 0.2) is 0 Å². The molecule has 1 N–H and O–H groups in total. The zero-order valence-electron chi connectivity index (χ0n) is 9.28. The molecule has 1 aromatic heterocycles. The van der Waals surface area contributed by atoms with Crippen LogP contribution in [0.3, 0.4) is 0 Å². The number of pyridine rings is 1. The van der Waals surface area contributed by atoms with Gasteiger partial charge in [0.25, 0.3) is 0 Å². The Bertz CT molecular complexity index is 564. The van der Waals surface area contributed by atoms with E-state index in [0.717, 1.165) is 10.0 Å². The molecule has 0 aliphatic rings. The summed E-state index contributed by atoms with van der Waals surface area (Å²) in [6.07, 6.45) is 2.78. The molecule has 1 aromatic carbocycles. The lowest BCUT2D eigenvalue weighted by Crippen LogP contribution is -2.03. The number of aliphatic hydroxyl groups is 1. The average Bonchev–Trinajstić information content (AvgIpc) is 2.32. The first kappa shape index (κ1) is 13.5. The minimum absolute atomic E-state index is 0.0343. The Balaban J connectivity index is 2.22. The summed E-state index contributed by atoms with van der Waals surface area (Å²) in [6, 6.07) is 6.25. The molecule has 18 heavy (non-hydrogen) atoms. The molecule has 2 rings (SSSR count). The third-order valence-electron chi connectivity index (χ3n) is 2.53. The van der Waals surface area contributed by atoms with Crippen LogP contribution < -0.4 is 0 Å². The van der Waals surface area contributed by atoms with Gasteiger partial charge >= 0.3 is 0 Å². The van der Waals surface area contributed by atoms with Crippen LogP contribution in [-0.2, 0) is 6.42 Å². The molecule has 0 saturated heterocycles. The van der Waals surface area contributed by atoms with Gasteiger partial charge in [0, 0.05) is 28.9 Å². The Morgan fingerprint density at radius 1 is 1.39 bits per heavy atom. The molecule has 1 unspecified atom stereocenters. The number of nitrogens with zero attached hydrogens (tertiary/aromatic N) is 1. The quantitative estimate of drug-likeness (QED) is 0.925. The van der Waals surface area contributed by atoms with Crippen LogP contribution in [0.25, 0.3) is 0 Å². The summed E-state index contributed by atoms with van der Waals surface area (Å²) in [5.74, 6) is -0.527. The normalized spacial score (nSPS) is 12.4. The van der Waals surface area contributed by atoms with Crippen LogP contribution in [0, 0.1) is 5.82 Å². The van der Waals surface area contributed by atoms with Crippen molar-refractivity contribution in [3.05, 3.63) is 63.1 Å². The van der Waals surface area contributed by atoms with Crippen molar-refractivity contribution < 1.29 is 9.50 Å². The van der Waals surface area contributed by atoms with E-state index in [2.05, 4.69) is 20.9 Å². The Hall–Kier alpha value is -0.970. The van der Waals surface area contributed by atoms with E-state index < -0.39 is 11.9 Å². The lowest BCUT2D eigenvalue weighted by atomic mass is 10.0. The standard InChI is InChI=1S/C13H10BrClFNO/c14-9-4-8(6-17-7-9)5-12(18)10-2-1-3-11(16)13(10)15/h1-4,6-7,12,18H,5H2. The molecule has 0 fully saturated rings. The second-order valence-corrected chi connectivity index (χ2v) is 5.17.